The Hall–Kier alpha value is -0.190. The van der Waals surface area contributed by atoms with Gasteiger partial charge in [-0.15, -0.1) is 0 Å². The van der Waals surface area contributed by atoms with Crippen LogP contribution >= 0.6 is 15.9 Å². The second-order valence-electron chi connectivity index (χ2n) is 3.63. The van der Waals surface area contributed by atoms with Crippen LogP contribution in [0, 0.1) is 0 Å². The first-order valence-corrected chi connectivity index (χ1v) is 7.24. The summed E-state index contributed by atoms with van der Waals surface area (Å²) in [5.74, 6) is 0.770. The lowest BCUT2D eigenvalue weighted by Crippen LogP contribution is -2.27. The Bertz CT molecular complexity index is 394. The number of hydrogen-bond acceptors (Lipinski definition) is 2. The molecule has 2 nitrogen and oxygen atoms in total. The first-order chi connectivity index (χ1) is 7.22. The summed E-state index contributed by atoms with van der Waals surface area (Å²) in [4.78, 5) is 0.996. The molecule has 0 amide bonds. The quantitative estimate of drug-likeness (QED) is 0.906. The molecule has 82 valence electrons. The van der Waals surface area contributed by atoms with E-state index in [0.29, 0.717) is 6.04 Å². The minimum absolute atomic E-state index is 0.361. The third-order valence-electron chi connectivity index (χ3n) is 2.63. The summed E-state index contributed by atoms with van der Waals surface area (Å²) in [7, 11) is -0.809. The van der Waals surface area contributed by atoms with Crippen molar-refractivity contribution in [3.8, 4) is 0 Å². The van der Waals surface area contributed by atoms with E-state index >= 15 is 0 Å². The van der Waals surface area contributed by atoms with E-state index < -0.39 is 10.8 Å². The van der Waals surface area contributed by atoms with E-state index in [1.54, 1.807) is 0 Å². The van der Waals surface area contributed by atoms with Gasteiger partial charge in [0.25, 0.3) is 0 Å². The van der Waals surface area contributed by atoms with Gasteiger partial charge < -0.3 is 5.32 Å². The minimum Gasteiger partial charge on any atom is -0.310 e. The zero-order valence-electron chi connectivity index (χ0n) is 8.63. The van der Waals surface area contributed by atoms with E-state index in [-0.39, 0.29) is 0 Å². The molecule has 1 aromatic rings. The van der Waals surface area contributed by atoms with Crippen LogP contribution in [0.4, 0.5) is 0 Å². The van der Waals surface area contributed by atoms with Crippen molar-refractivity contribution in [2.24, 2.45) is 0 Å². The fraction of sp³-hybridized carbons (Fsp3) is 0.455. The van der Waals surface area contributed by atoms with Crippen molar-refractivity contribution in [3.05, 3.63) is 28.2 Å². The molecule has 1 heterocycles. The monoisotopic (exact) mass is 287 g/mol. The highest BCUT2D eigenvalue weighted by molar-refractivity contribution is 9.10. The average Bonchev–Trinajstić information content (AvgIpc) is 2.22. The molecule has 1 aromatic carbocycles. The Morgan fingerprint density at radius 1 is 1.60 bits per heavy atom. The molecule has 0 saturated carbocycles. The summed E-state index contributed by atoms with van der Waals surface area (Å²) in [5, 5.41) is 3.43. The molecule has 2 rings (SSSR count). The highest BCUT2D eigenvalue weighted by Crippen LogP contribution is 2.31. The Labute approximate surface area is 101 Å². The molecule has 15 heavy (non-hydrogen) atoms. The predicted octanol–water partition coefficient (Wildman–Crippen LogP) is 2.61. The van der Waals surface area contributed by atoms with Crippen LogP contribution in [0.5, 0.6) is 0 Å². The molecule has 1 N–H and O–H groups in total. The molecule has 0 aromatic heterocycles. The van der Waals surface area contributed by atoms with Gasteiger partial charge in [-0.2, -0.15) is 0 Å². The Kier molecular flexibility index (Phi) is 3.59. The molecule has 0 saturated heterocycles. The van der Waals surface area contributed by atoms with E-state index in [1.807, 2.05) is 12.1 Å². The highest BCUT2D eigenvalue weighted by Gasteiger charge is 2.23. The number of benzene rings is 1. The van der Waals surface area contributed by atoms with Crippen molar-refractivity contribution in [1.29, 1.82) is 0 Å². The van der Waals surface area contributed by atoms with Crippen molar-refractivity contribution >= 4 is 26.7 Å². The van der Waals surface area contributed by atoms with Crippen LogP contribution in [0.15, 0.2) is 27.6 Å². The van der Waals surface area contributed by atoms with Gasteiger partial charge in [0.05, 0.1) is 10.8 Å². The molecule has 4 heteroatoms. The van der Waals surface area contributed by atoms with Gasteiger partial charge in [0.1, 0.15) is 0 Å². The van der Waals surface area contributed by atoms with Crippen LogP contribution in [-0.4, -0.2) is 16.5 Å². The maximum atomic E-state index is 11.8. The van der Waals surface area contributed by atoms with Gasteiger partial charge in [-0.25, -0.2) is 0 Å². The normalized spacial score (nSPS) is 24.9. The molecule has 0 spiro atoms. The number of fused-ring (bicyclic) bond motifs is 1. The van der Waals surface area contributed by atoms with Crippen molar-refractivity contribution in [1.82, 2.24) is 5.32 Å². The van der Waals surface area contributed by atoms with Gasteiger partial charge >= 0.3 is 0 Å². The molecular formula is C11H14BrNOS. The molecular weight excluding hydrogens is 274 g/mol. The van der Waals surface area contributed by atoms with Crippen LogP contribution in [-0.2, 0) is 10.8 Å². The lowest BCUT2D eigenvalue weighted by Gasteiger charge is -2.25. The average molecular weight is 288 g/mol. The minimum atomic E-state index is -0.809. The Balaban J connectivity index is 2.42. The summed E-state index contributed by atoms with van der Waals surface area (Å²) in [5.41, 5.74) is 1.19. The second-order valence-corrected chi connectivity index (χ2v) is 6.09. The van der Waals surface area contributed by atoms with E-state index in [2.05, 4.69) is 34.2 Å². The lowest BCUT2D eigenvalue weighted by molar-refractivity contribution is 0.520. The molecule has 1 aliphatic rings. The largest absolute Gasteiger partial charge is 0.310 e. The predicted molar refractivity (Wildman–Crippen MR) is 66.5 cm³/mol. The summed E-state index contributed by atoms with van der Waals surface area (Å²) in [6.07, 6.45) is 0.962. The van der Waals surface area contributed by atoms with Gasteiger partial charge in [0.15, 0.2) is 0 Å². The number of rotatable bonds is 2. The maximum absolute atomic E-state index is 11.8. The van der Waals surface area contributed by atoms with E-state index in [0.717, 1.165) is 28.1 Å². The molecule has 0 radical (unpaired) electrons. The van der Waals surface area contributed by atoms with Gasteiger partial charge in [0, 0.05) is 21.2 Å². The number of halogens is 1. The molecule has 0 aliphatic carbocycles. The van der Waals surface area contributed by atoms with E-state index in [1.165, 1.54) is 5.56 Å². The first-order valence-electron chi connectivity index (χ1n) is 5.13. The molecule has 0 fully saturated rings. The van der Waals surface area contributed by atoms with Crippen LogP contribution in [0.25, 0.3) is 0 Å². The van der Waals surface area contributed by atoms with Crippen molar-refractivity contribution in [2.75, 3.05) is 12.3 Å². The fourth-order valence-corrected chi connectivity index (χ4v) is 3.68. The van der Waals surface area contributed by atoms with E-state index in [9.17, 15) is 4.21 Å². The summed E-state index contributed by atoms with van der Waals surface area (Å²) in [6.45, 7) is 3.05. The summed E-state index contributed by atoms with van der Waals surface area (Å²) >= 11 is 3.46. The molecule has 2 atom stereocenters. The SMILES string of the molecule is CCNC1CCS(=O)c2ccc(Br)cc21. The highest BCUT2D eigenvalue weighted by atomic mass is 79.9. The zero-order valence-corrected chi connectivity index (χ0v) is 11.0. The van der Waals surface area contributed by atoms with Crippen molar-refractivity contribution in [3.63, 3.8) is 0 Å². The first kappa shape index (κ1) is 11.3. The standard InChI is InChI=1S/C11H14BrNOS/c1-2-13-10-5-6-15(14)11-4-3-8(12)7-9(10)11/h3-4,7,10,13H,2,5-6H2,1H3. The smallest absolute Gasteiger partial charge is 0.0533 e. The van der Waals surface area contributed by atoms with Gasteiger partial charge in [-0.1, -0.05) is 22.9 Å². The third-order valence-corrected chi connectivity index (χ3v) is 4.60. The maximum Gasteiger partial charge on any atom is 0.0533 e. The van der Waals surface area contributed by atoms with Crippen LogP contribution < -0.4 is 5.32 Å². The van der Waals surface area contributed by atoms with Crippen LogP contribution in [0.2, 0.25) is 0 Å². The Morgan fingerprint density at radius 2 is 2.40 bits per heavy atom. The zero-order chi connectivity index (χ0) is 10.8. The Morgan fingerprint density at radius 3 is 3.13 bits per heavy atom. The van der Waals surface area contributed by atoms with Gasteiger partial charge in [-0.05, 0) is 36.7 Å². The third kappa shape index (κ3) is 2.32. The van der Waals surface area contributed by atoms with Crippen molar-refractivity contribution in [2.45, 2.75) is 24.3 Å². The fourth-order valence-electron chi connectivity index (χ4n) is 1.95. The van der Waals surface area contributed by atoms with Gasteiger partial charge in [0.2, 0.25) is 0 Å². The molecule has 1 aliphatic heterocycles. The second kappa shape index (κ2) is 4.76. The topological polar surface area (TPSA) is 29.1 Å². The van der Waals surface area contributed by atoms with Gasteiger partial charge in [-0.3, -0.25) is 4.21 Å². The number of nitrogens with one attached hydrogen (secondary N) is 1. The van der Waals surface area contributed by atoms with Crippen molar-refractivity contribution < 1.29 is 4.21 Å². The molecule has 0 bridgehead atoms. The van der Waals surface area contributed by atoms with E-state index in [4.69, 9.17) is 0 Å². The van der Waals surface area contributed by atoms with Crippen LogP contribution in [0.3, 0.4) is 0 Å². The number of hydrogen-bond donors (Lipinski definition) is 1. The molecule has 2 unspecified atom stereocenters. The lowest BCUT2D eigenvalue weighted by atomic mass is 10.0. The van der Waals surface area contributed by atoms with Crippen LogP contribution in [0.1, 0.15) is 24.9 Å². The summed E-state index contributed by atoms with van der Waals surface area (Å²) < 4.78 is 12.9. The summed E-state index contributed by atoms with van der Waals surface area (Å²) in [6, 6.07) is 6.38.